The van der Waals surface area contributed by atoms with Gasteiger partial charge in [0.1, 0.15) is 5.82 Å². The number of hydrogen-bond donors (Lipinski definition) is 2. The molecule has 1 atom stereocenters. The minimum absolute atomic E-state index is 0.00244. The Labute approximate surface area is 207 Å². The molecular formula is C24H26ClN5O3S. The molecule has 0 spiro atoms. The van der Waals surface area contributed by atoms with Gasteiger partial charge in [0.05, 0.1) is 44.6 Å². The van der Waals surface area contributed by atoms with Crippen LogP contribution in [0.4, 0.5) is 10.6 Å². The smallest absolute Gasteiger partial charge is 0.320 e. The van der Waals surface area contributed by atoms with E-state index in [0.29, 0.717) is 45.2 Å². The minimum Gasteiger partial charge on any atom is -0.392 e. The van der Waals surface area contributed by atoms with Gasteiger partial charge in [-0.1, -0.05) is 24.3 Å². The van der Waals surface area contributed by atoms with Crippen LogP contribution in [-0.4, -0.2) is 57.2 Å². The van der Waals surface area contributed by atoms with Crippen molar-refractivity contribution < 1.29 is 14.6 Å². The van der Waals surface area contributed by atoms with Crippen LogP contribution in [0.3, 0.4) is 0 Å². The van der Waals surface area contributed by atoms with Crippen LogP contribution in [-0.2, 0) is 24.4 Å². The number of halogens is 1. The fraction of sp³-hybridized carbons (Fsp3) is 0.375. The summed E-state index contributed by atoms with van der Waals surface area (Å²) in [5.41, 5.74) is 3.62. The number of nitrogens with zero attached hydrogens (tertiary/aromatic N) is 4. The van der Waals surface area contributed by atoms with Gasteiger partial charge in [-0.15, -0.1) is 11.3 Å². The number of rotatable bonds is 5. The van der Waals surface area contributed by atoms with Crippen LogP contribution in [0.15, 0.2) is 36.4 Å². The van der Waals surface area contributed by atoms with E-state index in [1.807, 2.05) is 29.2 Å². The number of carbonyl (C=O) groups excluding carboxylic acids is 1. The number of benzene rings is 1. The van der Waals surface area contributed by atoms with Crippen molar-refractivity contribution in [3.05, 3.63) is 63.4 Å². The summed E-state index contributed by atoms with van der Waals surface area (Å²) in [7, 11) is 0. The van der Waals surface area contributed by atoms with Crippen LogP contribution >= 0.6 is 22.9 Å². The molecule has 1 saturated heterocycles. The third kappa shape index (κ3) is 4.61. The van der Waals surface area contributed by atoms with E-state index in [-0.39, 0.29) is 24.0 Å². The molecule has 1 fully saturated rings. The van der Waals surface area contributed by atoms with Crippen LogP contribution in [0.5, 0.6) is 0 Å². The predicted octanol–water partition coefficient (Wildman–Crippen LogP) is 4.29. The second-order valence-electron chi connectivity index (χ2n) is 8.39. The highest BCUT2D eigenvalue weighted by Gasteiger charge is 2.32. The van der Waals surface area contributed by atoms with E-state index in [9.17, 15) is 9.90 Å². The lowest BCUT2D eigenvalue weighted by Crippen LogP contribution is -2.46. The largest absolute Gasteiger partial charge is 0.392 e. The SMILES string of the molecule is CC(Nc1nc(Cl)nc2c1CN(C(=O)N1CCOCC1)C2)c1ccc(-c2ccccc2CO)s1. The maximum absolute atomic E-state index is 13.0. The Bertz CT molecular complexity index is 1200. The molecular weight excluding hydrogens is 474 g/mol. The summed E-state index contributed by atoms with van der Waals surface area (Å²) in [5, 5.41) is 13.3. The van der Waals surface area contributed by atoms with Crippen LogP contribution in [0.25, 0.3) is 10.4 Å². The quantitative estimate of drug-likeness (QED) is 0.509. The van der Waals surface area contributed by atoms with Crippen LogP contribution in [0, 0.1) is 0 Å². The lowest BCUT2D eigenvalue weighted by Gasteiger charge is -2.30. The molecule has 0 saturated carbocycles. The van der Waals surface area contributed by atoms with E-state index in [1.54, 1.807) is 16.2 Å². The molecule has 2 aliphatic heterocycles. The first-order valence-electron chi connectivity index (χ1n) is 11.3. The molecule has 8 nitrogen and oxygen atoms in total. The average molecular weight is 500 g/mol. The molecule has 1 unspecified atom stereocenters. The highest BCUT2D eigenvalue weighted by molar-refractivity contribution is 7.15. The maximum Gasteiger partial charge on any atom is 0.320 e. The maximum atomic E-state index is 13.0. The van der Waals surface area contributed by atoms with E-state index in [2.05, 4.69) is 34.3 Å². The Morgan fingerprint density at radius 2 is 1.97 bits per heavy atom. The number of aromatic nitrogens is 2. The normalized spacial score (nSPS) is 16.4. The fourth-order valence-electron chi connectivity index (χ4n) is 4.34. The number of aliphatic hydroxyl groups is 1. The molecule has 178 valence electrons. The van der Waals surface area contributed by atoms with Crippen molar-refractivity contribution in [2.45, 2.75) is 32.7 Å². The monoisotopic (exact) mass is 499 g/mol. The molecule has 2 aliphatic rings. The predicted molar refractivity (Wildman–Crippen MR) is 132 cm³/mol. The summed E-state index contributed by atoms with van der Waals surface area (Å²) in [6, 6.07) is 12.0. The number of hydrogen-bond acceptors (Lipinski definition) is 7. The number of fused-ring (bicyclic) bond motifs is 1. The highest BCUT2D eigenvalue weighted by atomic mass is 35.5. The number of anilines is 1. The Balaban J connectivity index is 1.33. The lowest BCUT2D eigenvalue weighted by molar-refractivity contribution is 0.0429. The number of morpholine rings is 1. The molecule has 5 rings (SSSR count). The number of nitrogens with one attached hydrogen (secondary N) is 1. The Hall–Kier alpha value is -2.72. The second kappa shape index (κ2) is 9.87. The highest BCUT2D eigenvalue weighted by Crippen LogP contribution is 2.36. The number of amides is 2. The van der Waals surface area contributed by atoms with Gasteiger partial charge in [0.15, 0.2) is 0 Å². The van der Waals surface area contributed by atoms with Crippen LogP contribution < -0.4 is 5.32 Å². The van der Waals surface area contributed by atoms with Gasteiger partial charge in [0.25, 0.3) is 0 Å². The first kappa shape index (κ1) is 23.0. The van der Waals surface area contributed by atoms with Crippen molar-refractivity contribution in [1.82, 2.24) is 19.8 Å². The van der Waals surface area contributed by atoms with Gasteiger partial charge in [0.2, 0.25) is 5.28 Å². The zero-order chi connectivity index (χ0) is 23.7. The Morgan fingerprint density at radius 3 is 2.76 bits per heavy atom. The number of urea groups is 1. The first-order valence-corrected chi connectivity index (χ1v) is 12.4. The fourth-order valence-corrected chi connectivity index (χ4v) is 5.60. The third-order valence-electron chi connectivity index (χ3n) is 6.17. The van der Waals surface area contributed by atoms with Gasteiger partial charge in [-0.3, -0.25) is 0 Å². The minimum atomic E-state index is -0.0286. The van der Waals surface area contributed by atoms with Gasteiger partial charge < -0.3 is 25.0 Å². The zero-order valence-electron chi connectivity index (χ0n) is 18.8. The average Bonchev–Trinajstić information content (AvgIpc) is 3.52. The molecule has 0 aliphatic carbocycles. The number of carbonyl (C=O) groups is 1. The van der Waals surface area contributed by atoms with E-state index < -0.39 is 0 Å². The summed E-state index contributed by atoms with van der Waals surface area (Å²) >= 11 is 7.91. The van der Waals surface area contributed by atoms with Crippen molar-refractivity contribution in [2.75, 3.05) is 31.6 Å². The van der Waals surface area contributed by atoms with Gasteiger partial charge in [-0.25, -0.2) is 14.8 Å². The second-order valence-corrected chi connectivity index (χ2v) is 9.84. The van der Waals surface area contributed by atoms with Crippen molar-refractivity contribution in [3.63, 3.8) is 0 Å². The Morgan fingerprint density at radius 1 is 1.18 bits per heavy atom. The lowest BCUT2D eigenvalue weighted by atomic mass is 10.1. The summed E-state index contributed by atoms with van der Waals surface area (Å²) in [4.78, 5) is 27.6. The van der Waals surface area contributed by atoms with Crippen molar-refractivity contribution in [3.8, 4) is 10.4 Å². The molecule has 3 aromatic rings. The summed E-state index contributed by atoms with van der Waals surface area (Å²) in [6.45, 7) is 5.25. The van der Waals surface area contributed by atoms with Gasteiger partial charge in [0, 0.05) is 28.4 Å². The number of thiophene rings is 1. The molecule has 2 aromatic heterocycles. The molecule has 2 N–H and O–H groups in total. The van der Waals surface area contributed by atoms with Gasteiger partial charge in [-0.2, -0.15) is 0 Å². The van der Waals surface area contributed by atoms with E-state index >= 15 is 0 Å². The van der Waals surface area contributed by atoms with Crippen molar-refractivity contribution in [1.29, 1.82) is 0 Å². The van der Waals surface area contributed by atoms with E-state index in [1.165, 1.54) is 0 Å². The summed E-state index contributed by atoms with van der Waals surface area (Å²) in [5.74, 6) is 0.658. The van der Waals surface area contributed by atoms with Crippen molar-refractivity contribution in [2.24, 2.45) is 0 Å². The van der Waals surface area contributed by atoms with Gasteiger partial charge in [-0.05, 0) is 41.8 Å². The van der Waals surface area contributed by atoms with Crippen molar-refractivity contribution >= 4 is 34.8 Å². The van der Waals surface area contributed by atoms with E-state index in [0.717, 1.165) is 32.1 Å². The summed E-state index contributed by atoms with van der Waals surface area (Å²) < 4.78 is 5.36. The molecule has 4 heterocycles. The molecule has 0 bridgehead atoms. The molecule has 2 amide bonds. The van der Waals surface area contributed by atoms with Gasteiger partial charge >= 0.3 is 6.03 Å². The molecule has 1 aromatic carbocycles. The third-order valence-corrected chi connectivity index (χ3v) is 7.64. The van der Waals surface area contributed by atoms with E-state index in [4.69, 9.17) is 16.3 Å². The molecule has 0 radical (unpaired) electrons. The van der Waals surface area contributed by atoms with Crippen LogP contribution in [0.2, 0.25) is 5.28 Å². The molecule has 10 heteroatoms. The number of aliphatic hydroxyl groups excluding tert-OH is 1. The molecule has 34 heavy (non-hydrogen) atoms. The zero-order valence-corrected chi connectivity index (χ0v) is 20.4. The first-order chi connectivity index (χ1) is 16.5. The summed E-state index contributed by atoms with van der Waals surface area (Å²) in [6.07, 6.45) is 0. The topological polar surface area (TPSA) is 90.8 Å². The number of ether oxygens (including phenoxy) is 1. The standard InChI is InChI=1S/C24H26ClN5O3S/c1-15(20-6-7-21(34-20)17-5-3-2-4-16(17)14-31)26-22-18-12-30(13-19(18)27-23(25)28-22)24(32)29-8-10-33-11-9-29/h2-7,15,31H,8-14H2,1H3,(H,26,27,28). The Kier molecular flexibility index (Phi) is 6.69. The van der Waals surface area contributed by atoms with Crippen LogP contribution in [0.1, 0.15) is 34.7 Å².